The van der Waals surface area contributed by atoms with E-state index in [2.05, 4.69) is 25.9 Å². The topological polar surface area (TPSA) is 78.9 Å². The van der Waals surface area contributed by atoms with Crippen molar-refractivity contribution in [2.75, 3.05) is 31.3 Å². The number of hydrogen-bond acceptors (Lipinski definition) is 5. The molecular formula is C10H17N5O. The minimum atomic E-state index is -0.0772. The molecule has 0 aliphatic heterocycles. The fourth-order valence-electron chi connectivity index (χ4n) is 1.37. The minimum absolute atomic E-state index is 0.0772. The summed E-state index contributed by atoms with van der Waals surface area (Å²) in [7, 11) is 3.41. The molecule has 1 rings (SSSR count). The highest BCUT2D eigenvalue weighted by Gasteiger charge is 2.08. The van der Waals surface area contributed by atoms with E-state index in [1.165, 1.54) is 6.33 Å². The van der Waals surface area contributed by atoms with E-state index >= 15 is 0 Å². The van der Waals surface area contributed by atoms with E-state index in [9.17, 15) is 4.79 Å². The molecule has 3 N–H and O–H groups in total. The first-order valence-electron chi connectivity index (χ1n) is 5.19. The molecule has 0 unspecified atom stereocenters. The Labute approximate surface area is 94.9 Å². The number of likely N-dealkylation sites (N-methyl/N-ethyl adjacent to an activating group) is 1. The van der Waals surface area contributed by atoms with Gasteiger partial charge in [-0.3, -0.25) is 4.79 Å². The first-order chi connectivity index (χ1) is 7.72. The van der Waals surface area contributed by atoms with Gasteiger partial charge in [0.25, 0.3) is 0 Å². The maximum absolute atomic E-state index is 11.1. The van der Waals surface area contributed by atoms with Crippen molar-refractivity contribution in [1.82, 2.24) is 15.3 Å². The minimum Gasteiger partial charge on any atom is -0.373 e. The second kappa shape index (κ2) is 5.89. The summed E-state index contributed by atoms with van der Waals surface area (Å²) in [5.41, 5.74) is 0.980. The normalized spacial score (nSPS) is 9.69. The first kappa shape index (κ1) is 12.2. The standard InChI is InChI=1S/C10H17N5O/c1-4-7-9(12-3)14-6-15-10(7)13-5-8(16)11-2/h6H,4-5H2,1-3H3,(H,11,16)(H2,12,13,14,15). The van der Waals surface area contributed by atoms with Crippen LogP contribution in [0.15, 0.2) is 6.33 Å². The molecule has 6 heteroatoms. The van der Waals surface area contributed by atoms with Crippen molar-refractivity contribution in [2.45, 2.75) is 13.3 Å². The van der Waals surface area contributed by atoms with Crippen LogP contribution in [0.3, 0.4) is 0 Å². The SMILES string of the molecule is CCc1c(NC)ncnc1NCC(=O)NC. The van der Waals surface area contributed by atoms with Gasteiger partial charge in [-0.25, -0.2) is 9.97 Å². The van der Waals surface area contributed by atoms with Gasteiger partial charge in [0.15, 0.2) is 0 Å². The summed E-state index contributed by atoms with van der Waals surface area (Å²) in [4.78, 5) is 19.3. The lowest BCUT2D eigenvalue weighted by molar-refractivity contribution is -0.118. The van der Waals surface area contributed by atoms with Crippen LogP contribution in [0.4, 0.5) is 11.6 Å². The van der Waals surface area contributed by atoms with Gasteiger partial charge in [0.2, 0.25) is 5.91 Å². The van der Waals surface area contributed by atoms with Gasteiger partial charge in [0.1, 0.15) is 18.0 Å². The second-order valence-electron chi connectivity index (χ2n) is 3.18. The number of nitrogens with zero attached hydrogens (tertiary/aromatic N) is 2. The van der Waals surface area contributed by atoms with Crippen LogP contribution in [0.25, 0.3) is 0 Å². The van der Waals surface area contributed by atoms with Crippen LogP contribution in [-0.4, -0.2) is 36.5 Å². The number of rotatable bonds is 5. The van der Waals surface area contributed by atoms with E-state index in [0.717, 1.165) is 17.8 Å². The molecule has 0 bridgehead atoms. The summed E-state index contributed by atoms with van der Waals surface area (Å²) in [6, 6.07) is 0. The summed E-state index contributed by atoms with van der Waals surface area (Å²) < 4.78 is 0. The molecule has 1 heterocycles. The van der Waals surface area contributed by atoms with E-state index < -0.39 is 0 Å². The highest BCUT2D eigenvalue weighted by Crippen LogP contribution is 2.19. The first-order valence-corrected chi connectivity index (χ1v) is 5.19. The van der Waals surface area contributed by atoms with Crippen LogP contribution in [-0.2, 0) is 11.2 Å². The molecule has 0 aromatic carbocycles. The Morgan fingerprint density at radius 1 is 1.31 bits per heavy atom. The number of anilines is 2. The number of nitrogens with one attached hydrogen (secondary N) is 3. The van der Waals surface area contributed by atoms with Gasteiger partial charge in [-0.2, -0.15) is 0 Å². The largest absolute Gasteiger partial charge is 0.373 e. The Balaban J connectivity index is 2.82. The lowest BCUT2D eigenvalue weighted by Crippen LogP contribution is -2.26. The third kappa shape index (κ3) is 2.82. The number of hydrogen-bond donors (Lipinski definition) is 3. The summed E-state index contributed by atoms with van der Waals surface area (Å²) in [5.74, 6) is 1.41. The Bertz CT molecular complexity index is 366. The van der Waals surface area contributed by atoms with Crippen LogP contribution in [0.5, 0.6) is 0 Å². The molecule has 0 radical (unpaired) electrons. The van der Waals surface area contributed by atoms with Crippen LogP contribution < -0.4 is 16.0 Å². The molecule has 1 amide bonds. The van der Waals surface area contributed by atoms with Crippen molar-refractivity contribution in [3.05, 3.63) is 11.9 Å². The summed E-state index contributed by atoms with van der Waals surface area (Å²) >= 11 is 0. The molecule has 0 aliphatic carbocycles. The average Bonchev–Trinajstić information content (AvgIpc) is 2.34. The summed E-state index contributed by atoms with van der Waals surface area (Å²) in [5, 5.41) is 8.52. The molecule has 0 saturated carbocycles. The van der Waals surface area contributed by atoms with E-state index in [-0.39, 0.29) is 12.5 Å². The number of amides is 1. The number of aromatic nitrogens is 2. The predicted molar refractivity (Wildman–Crippen MR) is 63.5 cm³/mol. The van der Waals surface area contributed by atoms with Crippen LogP contribution >= 0.6 is 0 Å². The molecule has 6 nitrogen and oxygen atoms in total. The zero-order valence-corrected chi connectivity index (χ0v) is 9.79. The lowest BCUT2D eigenvalue weighted by atomic mass is 10.2. The van der Waals surface area contributed by atoms with Crippen LogP contribution in [0.1, 0.15) is 12.5 Å². The van der Waals surface area contributed by atoms with E-state index in [4.69, 9.17) is 0 Å². The van der Waals surface area contributed by atoms with Gasteiger partial charge >= 0.3 is 0 Å². The fraction of sp³-hybridized carbons (Fsp3) is 0.500. The highest BCUT2D eigenvalue weighted by molar-refractivity contribution is 5.80. The Hall–Kier alpha value is -1.85. The molecule has 1 aromatic rings. The fourth-order valence-corrected chi connectivity index (χ4v) is 1.37. The highest BCUT2D eigenvalue weighted by atomic mass is 16.1. The van der Waals surface area contributed by atoms with Crippen molar-refractivity contribution in [3.63, 3.8) is 0 Å². The molecule has 0 fully saturated rings. The van der Waals surface area contributed by atoms with Gasteiger partial charge in [-0.1, -0.05) is 6.92 Å². The van der Waals surface area contributed by atoms with E-state index in [0.29, 0.717) is 5.82 Å². The van der Waals surface area contributed by atoms with Crippen LogP contribution in [0, 0.1) is 0 Å². The zero-order chi connectivity index (χ0) is 12.0. The Morgan fingerprint density at radius 3 is 2.56 bits per heavy atom. The summed E-state index contributed by atoms with van der Waals surface area (Å²) in [6.07, 6.45) is 2.27. The second-order valence-corrected chi connectivity index (χ2v) is 3.18. The zero-order valence-electron chi connectivity index (χ0n) is 9.79. The molecule has 0 atom stereocenters. The maximum atomic E-state index is 11.1. The van der Waals surface area contributed by atoms with Crippen molar-refractivity contribution in [1.29, 1.82) is 0 Å². The Kier molecular flexibility index (Phi) is 4.50. The lowest BCUT2D eigenvalue weighted by Gasteiger charge is -2.12. The van der Waals surface area contributed by atoms with E-state index in [1.807, 2.05) is 14.0 Å². The van der Waals surface area contributed by atoms with Crippen molar-refractivity contribution < 1.29 is 4.79 Å². The number of carbonyl (C=O) groups excluding carboxylic acids is 1. The van der Waals surface area contributed by atoms with Gasteiger partial charge in [-0.15, -0.1) is 0 Å². The number of carbonyl (C=O) groups is 1. The van der Waals surface area contributed by atoms with Gasteiger partial charge in [0.05, 0.1) is 6.54 Å². The smallest absolute Gasteiger partial charge is 0.239 e. The van der Waals surface area contributed by atoms with Crippen molar-refractivity contribution in [3.8, 4) is 0 Å². The van der Waals surface area contributed by atoms with Gasteiger partial charge < -0.3 is 16.0 Å². The molecule has 1 aromatic heterocycles. The third-order valence-electron chi connectivity index (χ3n) is 2.23. The van der Waals surface area contributed by atoms with Crippen LogP contribution in [0.2, 0.25) is 0 Å². The molecule has 88 valence electrons. The Morgan fingerprint density at radius 2 is 2.00 bits per heavy atom. The van der Waals surface area contributed by atoms with Gasteiger partial charge in [0, 0.05) is 19.7 Å². The van der Waals surface area contributed by atoms with Gasteiger partial charge in [-0.05, 0) is 6.42 Å². The molecule has 0 aliphatic rings. The van der Waals surface area contributed by atoms with Crippen molar-refractivity contribution in [2.24, 2.45) is 0 Å². The average molecular weight is 223 g/mol. The molecule has 16 heavy (non-hydrogen) atoms. The molecule has 0 saturated heterocycles. The summed E-state index contributed by atoms with van der Waals surface area (Å²) in [6.45, 7) is 2.23. The van der Waals surface area contributed by atoms with Crippen molar-refractivity contribution >= 4 is 17.5 Å². The quantitative estimate of drug-likeness (QED) is 0.666. The maximum Gasteiger partial charge on any atom is 0.239 e. The molecule has 0 spiro atoms. The monoisotopic (exact) mass is 223 g/mol. The third-order valence-corrected chi connectivity index (χ3v) is 2.23. The van der Waals surface area contributed by atoms with E-state index in [1.54, 1.807) is 7.05 Å². The molecular weight excluding hydrogens is 206 g/mol. The predicted octanol–water partition coefficient (Wildman–Crippen LogP) is 0.239.